The largest absolute Gasteiger partial charge is 0.332 e. The summed E-state index contributed by atoms with van der Waals surface area (Å²) < 4.78 is 2.07. The van der Waals surface area contributed by atoms with Crippen LogP contribution in [0.3, 0.4) is 0 Å². The molecular weight excluding hydrogens is 336 g/mol. The minimum atomic E-state index is 0.505. The summed E-state index contributed by atoms with van der Waals surface area (Å²) in [6.07, 6.45) is 3.84. The number of pyridine rings is 1. The fourth-order valence-corrected chi connectivity index (χ4v) is 3.75. The molecule has 0 bridgehead atoms. The van der Waals surface area contributed by atoms with Gasteiger partial charge in [0.1, 0.15) is 5.65 Å². The fourth-order valence-electron chi connectivity index (χ4n) is 3.75. The number of benzene rings is 1. The molecule has 3 aromatic heterocycles. The van der Waals surface area contributed by atoms with Crippen molar-refractivity contribution in [1.82, 2.24) is 19.4 Å². The van der Waals surface area contributed by atoms with Crippen LogP contribution in [0.2, 0.25) is 0 Å². The van der Waals surface area contributed by atoms with E-state index >= 15 is 0 Å². The van der Waals surface area contributed by atoms with Crippen molar-refractivity contribution in [3.05, 3.63) is 77.2 Å². The third-order valence-corrected chi connectivity index (χ3v) is 5.11. The molecule has 134 valence electrons. The van der Waals surface area contributed by atoms with Crippen LogP contribution >= 0.6 is 0 Å². The summed E-state index contributed by atoms with van der Waals surface area (Å²) in [5, 5.41) is 0. The van der Waals surface area contributed by atoms with Crippen LogP contribution in [0.4, 0.5) is 5.95 Å². The van der Waals surface area contributed by atoms with Gasteiger partial charge in [-0.15, -0.1) is 0 Å². The van der Waals surface area contributed by atoms with Crippen molar-refractivity contribution in [2.24, 2.45) is 5.73 Å². The van der Waals surface area contributed by atoms with Gasteiger partial charge in [0.05, 0.1) is 17.1 Å². The Hall–Kier alpha value is -3.25. The first kappa shape index (κ1) is 16.0. The Morgan fingerprint density at radius 1 is 1.04 bits per heavy atom. The molecule has 0 amide bonds. The molecule has 0 radical (unpaired) electrons. The molecule has 1 aliphatic rings. The summed E-state index contributed by atoms with van der Waals surface area (Å²) in [5.41, 5.74) is 13.2. The Bertz CT molecular complexity index is 1120. The van der Waals surface area contributed by atoms with Crippen LogP contribution in [-0.4, -0.2) is 19.4 Å². The molecular formula is C21H20N6. The molecule has 0 saturated carbocycles. The molecule has 1 aromatic carbocycles. The molecule has 4 heterocycles. The molecule has 6 nitrogen and oxygen atoms in total. The number of anilines is 1. The summed E-state index contributed by atoms with van der Waals surface area (Å²) in [4.78, 5) is 16.3. The van der Waals surface area contributed by atoms with Crippen LogP contribution in [0.15, 0.2) is 54.9 Å². The number of fused-ring (bicyclic) bond motifs is 2. The summed E-state index contributed by atoms with van der Waals surface area (Å²) >= 11 is 0. The second-order valence-corrected chi connectivity index (χ2v) is 6.88. The minimum Gasteiger partial charge on any atom is -0.332 e. The Kier molecular flexibility index (Phi) is 3.65. The van der Waals surface area contributed by atoms with Crippen molar-refractivity contribution in [2.75, 3.05) is 4.90 Å². The maximum atomic E-state index is 5.76. The highest BCUT2D eigenvalue weighted by Crippen LogP contribution is 2.28. The summed E-state index contributed by atoms with van der Waals surface area (Å²) in [7, 11) is 0. The summed E-state index contributed by atoms with van der Waals surface area (Å²) in [5.74, 6) is 0.747. The number of nitrogens with zero attached hydrogens (tertiary/aromatic N) is 5. The molecule has 0 unspecified atom stereocenters. The maximum absolute atomic E-state index is 5.76. The zero-order chi connectivity index (χ0) is 18.4. The van der Waals surface area contributed by atoms with Crippen molar-refractivity contribution in [3.8, 4) is 11.4 Å². The molecule has 0 aliphatic carbocycles. The first-order valence-electron chi connectivity index (χ1n) is 9.06. The van der Waals surface area contributed by atoms with Crippen molar-refractivity contribution in [2.45, 2.75) is 26.6 Å². The first-order chi connectivity index (χ1) is 13.2. The highest BCUT2D eigenvalue weighted by molar-refractivity contribution is 5.65. The monoisotopic (exact) mass is 356 g/mol. The summed E-state index contributed by atoms with van der Waals surface area (Å²) in [6, 6.07) is 14.5. The van der Waals surface area contributed by atoms with E-state index in [1.807, 2.05) is 37.5 Å². The topological polar surface area (TPSA) is 72.3 Å². The maximum Gasteiger partial charge on any atom is 0.226 e. The van der Waals surface area contributed by atoms with Gasteiger partial charge in [-0.1, -0.05) is 24.3 Å². The fraction of sp³-hybridized carbons (Fsp3) is 0.190. The Labute approximate surface area is 157 Å². The molecule has 1 aliphatic heterocycles. The lowest BCUT2D eigenvalue weighted by atomic mass is 10.1. The SMILES string of the molecule is Cc1nc2cc(CN)ccn2c1-c1ccnc(N2Cc3ccccc3C2)n1. The number of hydrogen-bond acceptors (Lipinski definition) is 5. The highest BCUT2D eigenvalue weighted by atomic mass is 15.3. The van der Waals surface area contributed by atoms with Gasteiger partial charge >= 0.3 is 0 Å². The van der Waals surface area contributed by atoms with E-state index in [0.29, 0.717) is 6.54 Å². The number of hydrogen-bond donors (Lipinski definition) is 1. The normalized spacial score (nSPS) is 13.3. The van der Waals surface area contributed by atoms with E-state index in [0.717, 1.165) is 47.3 Å². The van der Waals surface area contributed by atoms with Gasteiger partial charge in [-0.05, 0) is 41.8 Å². The van der Waals surface area contributed by atoms with E-state index in [2.05, 4.69) is 38.6 Å². The zero-order valence-electron chi connectivity index (χ0n) is 15.1. The van der Waals surface area contributed by atoms with E-state index in [4.69, 9.17) is 15.7 Å². The molecule has 4 aromatic rings. The van der Waals surface area contributed by atoms with Gasteiger partial charge < -0.3 is 10.6 Å². The average molecular weight is 356 g/mol. The predicted octanol–water partition coefficient (Wildman–Crippen LogP) is 3.08. The number of aromatic nitrogens is 4. The van der Waals surface area contributed by atoms with Gasteiger partial charge in [-0.3, -0.25) is 4.40 Å². The van der Waals surface area contributed by atoms with Gasteiger partial charge in [-0.25, -0.2) is 15.0 Å². The van der Waals surface area contributed by atoms with Crippen LogP contribution in [0.5, 0.6) is 0 Å². The van der Waals surface area contributed by atoms with E-state index in [1.54, 1.807) is 0 Å². The Morgan fingerprint density at radius 3 is 2.56 bits per heavy atom. The standard InChI is InChI=1S/C21H20N6/c1-14-20(27-9-7-15(11-22)10-19(27)24-14)18-6-8-23-21(25-18)26-12-16-4-2-3-5-17(16)13-26/h2-10H,11-13,22H2,1H3. The van der Waals surface area contributed by atoms with E-state index in [1.165, 1.54) is 11.1 Å². The Balaban J connectivity index is 1.55. The number of imidazole rings is 1. The lowest BCUT2D eigenvalue weighted by Crippen LogP contribution is -2.17. The molecule has 27 heavy (non-hydrogen) atoms. The predicted molar refractivity (Wildman–Crippen MR) is 105 cm³/mol. The first-order valence-corrected chi connectivity index (χ1v) is 9.06. The van der Waals surface area contributed by atoms with Gasteiger partial charge in [-0.2, -0.15) is 0 Å². The average Bonchev–Trinajstić information content (AvgIpc) is 3.27. The quantitative estimate of drug-likeness (QED) is 0.611. The van der Waals surface area contributed by atoms with Crippen LogP contribution in [-0.2, 0) is 19.6 Å². The molecule has 0 atom stereocenters. The van der Waals surface area contributed by atoms with Crippen LogP contribution < -0.4 is 10.6 Å². The second kappa shape index (κ2) is 6.17. The zero-order valence-corrected chi connectivity index (χ0v) is 15.1. The highest BCUT2D eigenvalue weighted by Gasteiger charge is 2.21. The minimum absolute atomic E-state index is 0.505. The number of aryl methyl sites for hydroxylation is 1. The van der Waals surface area contributed by atoms with E-state index < -0.39 is 0 Å². The van der Waals surface area contributed by atoms with Crippen molar-refractivity contribution >= 4 is 11.6 Å². The molecule has 5 rings (SSSR count). The van der Waals surface area contributed by atoms with Crippen molar-refractivity contribution in [1.29, 1.82) is 0 Å². The number of nitrogens with two attached hydrogens (primary N) is 1. The number of rotatable bonds is 3. The lowest BCUT2D eigenvalue weighted by Gasteiger charge is -2.15. The molecule has 0 spiro atoms. The second-order valence-electron chi connectivity index (χ2n) is 6.88. The van der Waals surface area contributed by atoms with Gasteiger partial charge in [0, 0.05) is 32.0 Å². The lowest BCUT2D eigenvalue weighted by molar-refractivity contribution is 0.828. The van der Waals surface area contributed by atoms with Crippen LogP contribution in [0.1, 0.15) is 22.4 Å². The van der Waals surface area contributed by atoms with Crippen LogP contribution in [0, 0.1) is 6.92 Å². The third-order valence-electron chi connectivity index (χ3n) is 5.11. The molecule has 0 fully saturated rings. The molecule has 2 N–H and O–H groups in total. The van der Waals surface area contributed by atoms with E-state index in [9.17, 15) is 0 Å². The van der Waals surface area contributed by atoms with Gasteiger partial charge in [0.25, 0.3) is 0 Å². The smallest absolute Gasteiger partial charge is 0.226 e. The third kappa shape index (κ3) is 2.65. The van der Waals surface area contributed by atoms with Crippen LogP contribution in [0.25, 0.3) is 17.0 Å². The summed E-state index contributed by atoms with van der Waals surface area (Å²) in [6.45, 7) is 4.19. The van der Waals surface area contributed by atoms with E-state index in [-0.39, 0.29) is 0 Å². The molecule has 0 saturated heterocycles. The Morgan fingerprint density at radius 2 is 1.81 bits per heavy atom. The molecule has 6 heteroatoms. The van der Waals surface area contributed by atoms with Crippen molar-refractivity contribution in [3.63, 3.8) is 0 Å². The van der Waals surface area contributed by atoms with Crippen molar-refractivity contribution < 1.29 is 0 Å². The van der Waals surface area contributed by atoms with Gasteiger partial charge in [0.15, 0.2) is 0 Å². The van der Waals surface area contributed by atoms with Gasteiger partial charge in [0.2, 0.25) is 5.95 Å².